The lowest BCUT2D eigenvalue weighted by atomic mass is 10.1. The molecule has 3 rings (SSSR count). The number of ether oxygens (including phenoxy) is 1. The zero-order valence-corrected chi connectivity index (χ0v) is 12.9. The fraction of sp³-hybridized carbons (Fsp3) is 0.462. The summed E-state index contributed by atoms with van der Waals surface area (Å²) in [5, 5.41) is 28.8. The lowest BCUT2D eigenvalue weighted by Gasteiger charge is -2.17. The highest BCUT2D eigenvalue weighted by Gasteiger charge is 2.45. The fourth-order valence-corrected chi connectivity index (χ4v) is 2.79. The Bertz CT molecular complexity index is 870. The Morgan fingerprint density at radius 2 is 1.96 bits per heavy atom. The van der Waals surface area contributed by atoms with Gasteiger partial charge in [0.1, 0.15) is 29.8 Å². The zero-order chi connectivity index (χ0) is 19.4. The van der Waals surface area contributed by atoms with Crippen molar-refractivity contribution in [3.05, 3.63) is 17.6 Å². The molecule has 0 aromatic carbocycles. The number of alkyl halides is 3. The second-order valence-corrected chi connectivity index (χ2v) is 5.67. The summed E-state index contributed by atoms with van der Waals surface area (Å²) in [7, 11) is 0. The van der Waals surface area contributed by atoms with Gasteiger partial charge in [-0.2, -0.15) is 13.2 Å². The van der Waals surface area contributed by atoms with Gasteiger partial charge in [-0.1, -0.05) is 0 Å². The lowest BCUT2D eigenvalue weighted by molar-refractivity contribution is -0.144. The highest BCUT2D eigenvalue weighted by molar-refractivity contribution is 6.08. The third-order valence-corrected chi connectivity index (χ3v) is 4.01. The first kappa shape index (κ1) is 18.3. The van der Waals surface area contributed by atoms with Crippen LogP contribution in [0.3, 0.4) is 0 Å². The first-order valence-corrected chi connectivity index (χ1v) is 7.23. The Morgan fingerprint density at radius 3 is 2.46 bits per heavy atom. The zero-order valence-electron chi connectivity index (χ0n) is 12.9. The maximum atomic E-state index is 13.0. The predicted octanol–water partition coefficient (Wildman–Crippen LogP) is -1.26. The number of primary amides is 1. The fourth-order valence-electron chi connectivity index (χ4n) is 2.79. The average molecular weight is 377 g/mol. The van der Waals surface area contributed by atoms with Gasteiger partial charge in [-0.05, 0) is 0 Å². The molecule has 0 unspecified atom stereocenters. The number of nitrogens with zero attached hydrogens (tertiary/aromatic N) is 3. The molecule has 0 spiro atoms. The van der Waals surface area contributed by atoms with Gasteiger partial charge in [0.15, 0.2) is 6.23 Å². The van der Waals surface area contributed by atoms with E-state index in [-0.39, 0.29) is 10.9 Å². The molecule has 2 aromatic rings. The SMILES string of the molecule is NC(=O)c1cn([C@H]2O[C@H](CO)[C@@H](O)[C@H]2O)c2nc(C(F)(F)F)nc(N)c12. The Morgan fingerprint density at radius 1 is 1.31 bits per heavy atom. The summed E-state index contributed by atoms with van der Waals surface area (Å²) in [6.45, 7) is -0.651. The van der Waals surface area contributed by atoms with Crippen LogP contribution in [0.1, 0.15) is 22.4 Å². The monoisotopic (exact) mass is 377 g/mol. The predicted molar refractivity (Wildman–Crippen MR) is 78.5 cm³/mol. The van der Waals surface area contributed by atoms with Crippen LogP contribution in [-0.2, 0) is 10.9 Å². The molecule has 1 aliphatic rings. The van der Waals surface area contributed by atoms with Gasteiger partial charge >= 0.3 is 6.18 Å². The number of carbonyl (C=O) groups excluding carboxylic acids is 1. The molecular weight excluding hydrogens is 363 g/mol. The van der Waals surface area contributed by atoms with E-state index in [1.165, 1.54) is 0 Å². The smallest absolute Gasteiger partial charge is 0.394 e. The Kier molecular flexibility index (Phi) is 4.26. The van der Waals surface area contributed by atoms with E-state index in [1.54, 1.807) is 0 Å². The summed E-state index contributed by atoms with van der Waals surface area (Å²) in [6.07, 6.45) is -9.68. The van der Waals surface area contributed by atoms with E-state index in [0.29, 0.717) is 0 Å². The number of aliphatic hydroxyl groups is 3. The molecule has 2 aromatic heterocycles. The molecule has 26 heavy (non-hydrogen) atoms. The number of aromatic nitrogens is 3. The lowest BCUT2D eigenvalue weighted by Crippen LogP contribution is -2.33. The van der Waals surface area contributed by atoms with E-state index in [1.807, 2.05) is 0 Å². The van der Waals surface area contributed by atoms with Crippen molar-refractivity contribution in [3.63, 3.8) is 0 Å². The molecule has 0 bridgehead atoms. The van der Waals surface area contributed by atoms with Crippen molar-refractivity contribution >= 4 is 22.8 Å². The van der Waals surface area contributed by atoms with Crippen LogP contribution in [0.15, 0.2) is 6.20 Å². The van der Waals surface area contributed by atoms with E-state index < -0.39 is 60.5 Å². The van der Waals surface area contributed by atoms with Crippen LogP contribution in [0.25, 0.3) is 11.0 Å². The molecule has 1 saturated heterocycles. The normalized spacial score (nSPS) is 26.5. The van der Waals surface area contributed by atoms with Crippen LogP contribution in [0.5, 0.6) is 0 Å². The Hall–Kier alpha value is -2.48. The van der Waals surface area contributed by atoms with E-state index in [0.717, 1.165) is 10.8 Å². The maximum Gasteiger partial charge on any atom is 0.451 e. The second kappa shape index (κ2) is 6.05. The van der Waals surface area contributed by atoms with Gasteiger partial charge in [0.25, 0.3) is 5.91 Å². The number of amides is 1. The number of anilines is 1. The number of aliphatic hydroxyl groups excluding tert-OH is 3. The number of hydrogen-bond donors (Lipinski definition) is 5. The van der Waals surface area contributed by atoms with Crippen molar-refractivity contribution in [1.29, 1.82) is 0 Å². The minimum absolute atomic E-state index is 0.247. The molecule has 7 N–H and O–H groups in total. The standard InChI is InChI=1S/C13H14F3N5O5/c14-13(15,16)12-19-8(17)5-3(9(18)25)1-21(10(5)20-12)11-7(24)6(23)4(2-22)26-11/h1,4,6-7,11,22-24H,2H2,(H2,18,25)(H2,17,19,20)/t4-,6-,7-,11+/m1/s1. The van der Waals surface area contributed by atoms with Gasteiger partial charge < -0.3 is 36.1 Å². The first-order valence-electron chi connectivity index (χ1n) is 7.23. The molecule has 1 aliphatic heterocycles. The molecule has 1 amide bonds. The Balaban J connectivity index is 2.25. The molecule has 4 atom stereocenters. The van der Waals surface area contributed by atoms with Crippen molar-refractivity contribution in [2.24, 2.45) is 5.73 Å². The summed E-state index contributed by atoms with van der Waals surface area (Å²) in [4.78, 5) is 18.1. The quantitative estimate of drug-likeness (QED) is 0.441. The van der Waals surface area contributed by atoms with Gasteiger partial charge in [0.05, 0.1) is 17.6 Å². The highest BCUT2D eigenvalue weighted by Crippen LogP contribution is 2.36. The van der Waals surface area contributed by atoms with Crippen molar-refractivity contribution < 1.29 is 38.0 Å². The number of fused-ring (bicyclic) bond motifs is 1. The van der Waals surface area contributed by atoms with Crippen LogP contribution in [0, 0.1) is 0 Å². The summed E-state index contributed by atoms with van der Waals surface area (Å²) >= 11 is 0. The minimum Gasteiger partial charge on any atom is -0.394 e. The van der Waals surface area contributed by atoms with Crippen molar-refractivity contribution in [3.8, 4) is 0 Å². The van der Waals surface area contributed by atoms with E-state index in [2.05, 4.69) is 9.97 Å². The minimum atomic E-state index is -4.92. The molecule has 0 radical (unpaired) electrons. The molecule has 142 valence electrons. The van der Waals surface area contributed by atoms with Gasteiger partial charge in [0, 0.05) is 6.20 Å². The number of hydrogen-bond acceptors (Lipinski definition) is 8. The van der Waals surface area contributed by atoms with Crippen molar-refractivity contribution in [1.82, 2.24) is 14.5 Å². The third-order valence-electron chi connectivity index (χ3n) is 4.01. The van der Waals surface area contributed by atoms with E-state index >= 15 is 0 Å². The number of rotatable bonds is 3. The molecule has 0 aliphatic carbocycles. The number of nitrogens with two attached hydrogens (primary N) is 2. The van der Waals surface area contributed by atoms with Crippen molar-refractivity contribution in [2.45, 2.75) is 30.7 Å². The molecule has 0 saturated carbocycles. The highest BCUT2D eigenvalue weighted by atomic mass is 19.4. The second-order valence-electron chi connectivity index (χ2n) is 5.67. The summed E-state index contributed by atoms with van der Waals surface area (Å²) in [6, 6.07) is 0. The van der Waals surface area contributed by atoms with Crippen LogP contribution in [0.2, 0.25) is 0 Å². The molecule has 13 heteroatoms. The Labute approximate surface area is 142 Å². The summed E-state index contributed by atoms with van der Waals surface area (Å²) < 4.78 is 45.1. The number of halogens is 3. The van der Waals surface area contributed by atoms with Crippen LogP contribution in [-0.4, -0.2) is 60.7 Å². The van der Waals surface area contributed by atoms with Gasteiger partial charge in [-0.15, -0.1) is 0 Å². The van der Waals surface area contributed by atoms with Gasteiger partial charge in [-0.25, -0.2) is 9.97 Å². The van der Waals surface area contributed by atoms with Crippen LogP contribution < -0.4 is 11.5 Å². The van der Waals surface area contributed by atoms with Crippen LogP contribution >= 0.6 is 0 Å². The molecular formula is C13H14F3N5O5. The largest absolute Gasteiger partial charge is 0.451 e. The number of carbonyl (C=O) groups is 1. The van der Waals surface area contributed by atoms with Gasteiger partial charge in [0.2, 0.25) is 5.82 Å². The van der Waals surface area contributed by atoms with Crippen LogP contribution in [0.4, 0.5) is 19.0 Å². The van der Waals surface area contributed by atoms with E-state index in [9.17, 15) is 28.2 Å². The maximum absolute atomic E-state index is 13.0. The molecule has 3 heterocycles. The number of nitrogen functional groups attached to an aromatic ring is 1. The first-order chi connectivity index (χ1) is 12.1. The van der Waals surface area contributed by atoms with E-state index in [4.69, 9.17) is 21.3 Å². The molecule has 10 nitrogen and oxygen atoms in total. The van der Waals surface area contributed by atoms with Crippen molar-refractivity contribution in [2.75, 3.05) is 12.3 Å². The molecule has 1 fully saturated rings. The third kappa shape index (κ3) is 2.74. The summed E-state index contributed by atoms with van der Waals surface area (Å²) in [5.41, 5.74) is 10.0. The summed E-state index contributed by atoms with van der Waals surface area (Å²) in [5.74, 6) is -3.22. The topological polar surface area (TPSA) is 170 Å². The van der Waals surface area contributed by atoms with Gasteiger partial charge in [-0.3, -0.25) is 4.79 Å². The average Bonchev–Trinajstić information content (AvgIpc) is 3.06.